The number of ether oxygens (including phenoxy) is 1. The van der Waals surface area contributed by atoms with Crippen LogP contribution in [0.3, 0.4) is 0 Å². The Morgan fingerprint density at radius 3 is 2.33 bits per heavy atom. The van der Waals surface area contributed by atoms with E-state index in [0.717, 1.165) is 0 Å². The molecule has 18 heavy (non-hydrogen) atoms. The zero-order valence-corrected chi connectivity index (χ0v) is 10.4. The summed E-state index contributed by atoms with van der Waals surface area (Å²) in [5.41, 5.74) is 0. The van der Waals surface area contributed by atoms with Crippen molar-refractivity contribution in [2.24, 2.45) is 0 Å². The maximum absolute atomic E-state index is 12.2. The fourth-order valence-corrected chi connectivity index (χ4v) is 2.51. The molecule has 0 atom stereocenters. The van der Waals surface area contributed by atoms with E-state index in [9.17, 15) is 26.4 Å². The van der Waals surface area contributed by atoms with Crippen molar-refractivity contribution in [3.63, 3.8) is 0 Å². The third-order valence-electron chi connectivity index (χ3n) is 1.81. The van der Waals surface area contributed by atoms with Gasteiger partial charge in [0.25, 0.3) is 0 Å². The van der Waals surface area contributed by atoms with Gasteiger partial charge in [0.2, 0.25) is 10.0 Å². The van der Waals surface area contributed by atoms with Crippen molar-refractivity contribution in [1.82, 2.24) is 4.31 Å². The number of carboxylic acids is 1. The molecular formula is C8H14F3NO5S. The zero-order valence-electron chi connectivity index (χ0n) is 9.61. The third-order valence-corrected chi connectivity index (χ3v) is 3.66. The van der Waals surface area contributed by atoms with E-state index in [2.05, 4.69) is 4.74 Å². The van der Waals surface area contributed by atoms with Crippen molar-refractivity contribution in [3.05, 3.63) is 0 Å². The van der Waals surface area contributed by atoms with Crippen molar-refractivity contribution in [3.8, 4) is 0 Å². The number of halogens is 3. The molecular weight excluding hydrogens is 279 g/mol. The minimum atomic E-state index is -4.79. The topological polar surface area (TPSA) is 83.9 Å². The van der Waals surface area contributed by atoms with Crippen LogP contribution in [0.25, 0.3) is 0 Å². The average molecular weight is 293 g/mol. The maximum atomic E-state index is 12.2. The van der Waals surface area contributed by atoms with Gasteiger partial charge in [-0.05, 0) is 6.42 Å². The first kappa shape index (κ1) is 17.1. The molecule has 0 aliphatic carbocycles. The molecule has 6 nitrogen and oxygen atoms in total. The van der Waals surface area contributed by atoms with Gasteiger partial charge in [-0.25, -0.2) is 8.42 Å². The molecule has 0 aromatic rings. The normalized spacial score (nSPS) is 12.9. The Morgan fingerprint density at radius 2 is 1.94 bits per heavy atom. The highest BCUT2D eigenvalue weighted by Gasteiger charge is 2.37. The molecule has 0 amide bonds. The number of methoxy groups -OCH3 is 1. The Hall–Kier alpha value is -0.870. The summed E-state index contributed by atoms with van der Waals surface area (Å²) < 4.78 is 64.0. The number of alkyl halides is 3. The van der Waals surface area contributed by atoms with Crippen LogP contribution in [0.2, 0.25) is 0 Å². The van der Waals surface area contributed by atoms with Crippen molar-refractivity contribution in [2.75, 3.05) is 32.6 Å². The molecule has 0 radical (unpaired) electrons. The second-order valence-electron chi connectivity index (χ2n) is 3.44. The van der Waals surface area contributed by atoms with E-state index in [0.29, 0.717) is 0 Å². The molecule has 0 aliphatic heterocycles. The van der Waals surface area contributed by atoms with E-state index >= 15 is 0 Å². The van der Waals surface area contributed by atoms with Crippen molar-refractivity contribution in [1.29, 1.82) is 0 Å². The summed E-state index contributed by atoms with van der Waals surface area (Å²) in [6, 6.07) is 0. The van der Waals surface area contributed by atoms with Crippen LogP contribution in [0.4, 0.5) is 13.2 Å². The number of sulfonamides is 1. The summed E-state index contributed by atoms with van der Waals surface area (Å²) >= 11 is 0. The molecule has 0 saturated heterocycles. The molecule has 0 fully saturated rings. The van der Waals surface area contributed by atoms with Gasteiger partial charge in [0.15, 0.2) is 0 Å². The molecule has 0 aromatic carbocycles. The molecule has 0 aliphatic rings. The molecule has 0 saturated carbocycles. The second-order valence-corrected chi connectivity index (χ2v) is 5.53. The monoisotopic (exact) mass is 293 g/mol. The van der Waals surface area contributed by atoms with Gasteiger partial charge in [-0.15, -0.1) is 0 Å². The van der Waals surface area contributed by atoms with Gasteiger partial charge in [0.1, 0.15) is 13.1 Å². The van der Waals surface area contributed by atoms with Gasteiger partial charge in [0, 0.05) is 13.7 Å². The molecule has 108 valence electrons. The highest BCUT2D eigenvalue weighted by Crippen LogP contribution is 2.18. The summed E-state index contributed by atoms with van der Waals surface area (Å²) in [5.74, 6) is -2.24. The van der Waals surface area contributed by atoms with Gasteiger partial charge in [0.05, 0.1) is 5.75 Å². The molecule has 10 heteroatoms. The van der Waals surface area contributed by atoms with Crippen molar-refractivity contribution >= 4 is 16.0 Å². The molecule has 0 spiro atoms. The maximum Gasteiger partial charge on any atom is 0.402 e. The fraction of sp³-hybridized carbons (Fsp3) is 0.875. The Morgan fingerprint density at radius 1 is 1.39 bits per heavy atom. The minimum Gasteiger partial charge on any atom is -0.480 e. The van der Waals surface area contributed by atoms with Gasteiger partial charge >= 0.3 is 12.1 Å². The lowest BCUT2D eigenvalue weighted by molar-refractivity contribution is -0.146. The quantitative estimate of drug-likeness (QED) is 0.651. The lowest BCUT2D eigenvalue weighted by atomic mass is 10.5. The average Bonchev–Trinajstić information content (AvgIpc) is 2.14. The van der Waals surface area contributed by atoms with Crippen LogP contribution in [-0.4, -0.2) is 62.5 Å². The molecule has 0 heterocycles. The van der Waals surface area contributed by atoms with Crippen LogP contribution < -0.4 is 0 Å². The highest BCUT2D eigenvalue weighted by molar-refractivity contribution is 7.89. The largest absolute Gasteiger partial charge is 0.480 e. The number of rotatable bonds is 8. The van der Waals surface area contributed by atoms with Crippen molar-refractivity contribution in [2.45, 2.75) is 12.6 Å². The van der Waals surface area contributed by atoms with E-state index < -0.39 is 41.0 Å². The van der Waals surface area contributed by atoms with Gasteiger partial charge in [-0.2, -0.15) is 17.5 Å². The summed E-state index contributed by atoms with van der Waals surface area (Å²) in [5, 5.41) is 8.42. The Kier molecular flexibility index (Phi) is 6.57. The molecule has 0 rings (SSSR count). The summed E-state index contributed by atoms with van der Waals surface area (Å²) in [4.78, 5) is 10.4. The van der Waals surface area contributed by atoms with Crippen LogP contribution in [0.15, 0.2) is 0 Å². The van der Waals surface area contributed by atoms with Crippen LogP contribution in [-0.2, 0) is 19.6 Å². The Balaban J connectivity index is 4.77. The lowest BCUT2D eigenvalue weighted by Crippen LogP contribution is -2.43. The third kappa shape index (κ3) is 7.45. The van der Waals surface area contributed by atoms with Crippen molar-refractivity contribution < 1.29 is 36.2 Å². The lowest BCUT2D eigenvalue weighted by Gasteiger charge is -2.21. The minimum absolute atomic E-state index is 0.00713. The van der Waals surface area contributed by atoms with E-state index in [-0.39, 0.29) is 17.3 Å². The number of hydrogen-bond acceptors (Lipinski definition) is 4. The predicted molar refractivity (Wildman–Crippen MR) is 55.5 cm³/mol. The van der Waals surface area contributed by atoms with E-state index in [1.165, 1.54) is 7.11 Å². The first-order valence-electron chi connectivity index (χ1n) is 4.84. The van der Waals surface area contributed by atoms with E-state index in [4.69, 9.17) is 5.11 Å². The number of aliphatic carboxylic acids is 1. The summed E-state index contributed by atoms with van der Waals surface area (Å²) in [6.07, 6.45) is -4.80. The molecule has 0 aromatic heterocycles. The fourth-order valence-electron chi connectivity index (χ4n) is 1.12. The molecule has 0 bridgehead atoms. The smallest absolute Gasteiger partial charge is 0.402 e. The Labute approximate surface area is 102 Å². The predicted octanol–water partition coefficient (Wildman–Crippen LogP) is 0.302. The number of carboxylic acid groups (broad SMARTS) is 1. The first-order valence-corrected chi connectivity index (χ1v) is 6.44. The molecule has 0 unspecified atom stereocenters. The van der Waals surface area contributed by atoms with Crippen LogP contribution >= 0.6 is 0 Å². The van der Waals surface area contributed by atoms with Crippen LogP contribution in [0.1, 0.15) is 6.42 Å². The number of carbonyl (C=O) groups is 1. The standard InChI is InChI=1S/C8H14F3NO5S/c1-17-3-2-4-18(15,16)12(5-7(13)14)6-8(9,10)11/h2-6H2,1H3,(H,13,14). The van der Waals surface area contributed by atoms with Gasteiger partial charge in [-0.1, -0.05) is 0 Å². The highest BCUT2D eigenvalue weighted by atomic mass is 32.2. The first-order chi connectivity index (χ1) is 8.08. The van der Waals surface area contributed by atoms with Crippen LogP contribution in [0.5, 0.6) is 0 Å². The second kappa shape index (κ2) is 6.90. The van der Waals surface area contributed by atoms with Gasteiger partial charge in [-0.3, -0.25) is 4.79 Å². The van der Waals surface area contributed by atoms with E-state index in [1.54, 1.807) is 0 Å². The summed E-state index contributed by atoms with van der Waals surface area (Å²) in [7, 11) is -2.95. The van der Waals surface area contributed by atoms with Crippen LogP contribution in [0, 0.1) is 0 Å². The van der Waals surface area contributed by atoms with E-state index in [1.807, 2.05) is 0 Å². The summed E-state index contributed by atoms with van der Waals surface area (Å²) in [6.45, 7) is -2.96. The number of nitrogens with zero attached hydrogens (tertiary/aromatic N) is 1. The zero-order chi connectivity index (χ0) is 14.4. The number of hydrogen-bond donors (Lipinski definition) is 1. The Bertz CT molecular complexity index is 367. The van der Waals surface area contributed by atoms with Gasteiger partial charge < -0.3 is 9.84 Å². The molecule has 1 N–H and O–H groups in total. The SMILES string of the molecule is COCCCS(=O)(=O)N(CC(=O)O)CC(F)(F)F.